The Labute approximate surface area is 123 Å². The fraction of sp³-hybridized carbons (Fsp3) is 0.250. The second-order valence-electron chi connectivity index (χ2n) is 4.54. The lowest BCUT2D eigenvalue weighted by molar-refractivity contribution is 0.467. The summed E-state index contributed by atoms with van der Waals surface area (Å²) in [6, 6.07) is 10.00. The molecule has 0 saturated carbocycles. The van der Waals surface area contributed by atoms with Gasteiger partial charge in [0.25, 0.3) is 0 Å². The zero-order chi connectivity index (χ0) is 14.5. The first-order valence-electron chi connectivity index (χ1n) is 6.53. The van der Waals surface area contributed by atoms with Gasteiger partial charge < -0.3 is 10.1 Å². The largest absolute Gasteiger partial charge is 0.457 e. The normalized spacial score (nSPS) is 10.6. The molecule has 4 heteroatoms. The number of hydrogen-bond acceptors (Lipinski definition) is 2. The van der Waals surface area contributed by atoms with Gasteiger partial charge in [-0.1, -0.05) is 24.6 Å². The molecule has 0 atom stereocenters. The molecule has 0 aromatic heterocycles. The first-order valence-corrected chi connectivity index (χ1v) is 6.91. The highest BCUT2D eigenvalue weighted by Gasteiger charge is 2.08. The van der Waals surface area contributed by atoms with Crippen molar-refractivity contribution >= 4 is 11.6 Å². The van der Waals surface area contributed by atoms with Crippen LogP contribution in [0.25, 0.3) is 0 Å². The van der Waals surface area contributed by atoms with Crippen molar-refractivity contribution < 1.29 is 9.13 Å². The number of aryl methyl sites for hydroxylation is 1. The molecular formula is C16H17ClFNO. The number of halogens is 2. The van der Waals surface area contributed by atoms with E-state index in [1.54, 1.807) is 12.1 Å². The van der Waals surface area contributed by atoms with Crippen LogP contribution in [0, 0.1) is 12.7 Å². The van der Waals surface area contributed by atoms with Crippen molar-refractivity contribution in [2.75, 3.05) is 6.54 Å². The van der Waals surface area contributed by atoms with Gasteiger partial charge >= 0.3 is 0 Å². The summed E-state index contributed by atoms with van der Waals surface area (Å²) in [6.07, 6.45) is 0. The van der Waals surface area contributed by atoms with Crippen LogP contribution < -0.4 is 10.1 Å². The molecule has 2 nitrogen and oxygen atoms in total. The monoisotopic (exact) mass is 293 g/mol. The van der Waals surface area contributed by atoms with E-state index < -0.39 is 0 Å². The summed E-state index contributed by atoms with van der Waals surface area (Å²) in [5.74, 6) is 1.05. The van der Waals surface area contributed by atoms with Crippen molar-refractivity contribution in [1.82, 2.24) is 5.32 Å². The van der Waals surface area contributed by atoms with Crippen molar-refractivity contribution in [3.8, 4) is 11.5 Å². The molecule has 0 aliphatic rings. The van der Waals surface area contributed by atoms with Gasteiger partial charge in [-0.3, -0.25) is 0 Å². The first kappa shape index (κ1) is 14.8. The van der Waals surface area contributed by atoms with E-state index in [1.807, 2.05) is 26.0 Å². The maximum Gasteiger partial charge on any atom is 0.133 e. The van der Waals surface area contributed by atoms with Crippen molar-refractivity contribution in [2.45, 2.75) is 20.4 Å². The molecule has 0 heterocycles. The van der Waals surface area contributed by atoms with E-state index in [-0.39, 0.29) is 5.82 Å². The average molecular weight is 294 g/mol. The zero-order valence-corrected chi connectivity index (χ0v) is 12.3. The van der Waals surface area contributed by atoms with Crippen molar-refractivity contribution in [3.63, 3.8) is 0 Å². The molecule has 2 aromatic carbocycles. The Kier molecular flexibility index (Phi) is 4.99. The Hall–Kier alpha value is -1.58. The van der Waals surface area contributed by atoms with Gasteiger partial charge in [-0.2, -0.15) is 0 Å². The number of hydrogen-bond donors (Lipinski definition) is 1. The van der Waals surface area contributed by atoms with Gasteiger partial charge in [0.15, 0.2) is 0 Å². The van der Waals surface area contributed by atoms with Gasteiger partial charge in [-0.05, 0) is 49.4 Å². The molecule has 0 aliphatic heterocycles. The summed E-state index contributed by atoms with van der Waals surface area (Å²) in [5.41, 5.74) is 1.76. The summed E-state index contributed by atoms with van der Waals surface area (Å²) in [5, 5.41) is 3.86. The SMILES string of the molecule is CCNCc1ccc(Cl)cc1Oc1ccc(F)cc1C. The Morgan fingerprint density at radius 3 is 2.65 bits per heavy atom. The van der Waals surface area contributed by atoms with Gasteiger partial charge in [-0.15, -0.1) is 0 Å². The molecule has 0 bridgehead atoms. The molecule has 0 unspecified atom stereocenters. The Morgan fingerprint density at radius 1 is 1.15 bits per heavy atom. The Balaban J connectivity index is 2.29. The first-order chi connectivity index (χ1) is 9.60. The molecular weight excluding hydrogens is 277 g/mol. The summed E-state index contributed by atoms with van der Waals surface area (Å²) in [6.45, 7) is 5.42. The van der Waals surface area contributed by atoms with E-state index in [1.165, 1.54) is 12.1 Å². The highest BCUT2D eigenvalue weighted by Crippen LogP contribution is 2.30. The molecule has 0 radical (unpaired) electrons. The van der Waals surface area contributed by atoms with Crippen molar-refractivity contribution in [2.24, 2.45) is 0 Å². The minimum Gasteiger partial charge on any atom is -0.457 e. The minimum atomic E-state index is -0.270. The van der Waals surface area contributed by atoms with Gasteiger partial charge in [0, 0.05) is 17.1 Å². The summed E-state index contributed by atoms with van der Waals surface area (Å²) in [4.78, 5) is 0. The van der Waals surface area contributed by atoms with Crippen LogP contribution in [-0.4, -0.2) is 6.54 Å². The summed E-state index contributed by atoms with van der Waals surface area (Å²) < 4.78 is 19.0. The predicted octanol–water partition coefficient (Wildman–Crippen LogP) is 4.69. The smallest absolute Gasteiger partial charge is 0.133 e. The fourth-order valence-electron chi connectivity index (χ4n) is 1.87. The highest BCUT2D eigenvalue weighted by atomic mass is 35.5. The minimum absolute atomic E-state index is 0.270. The lowest BCUT2D eigenvalue weighted by atomic mass is 10.2. The van der Waals surface area contributed by atoms with E-state index in [9.17, 15) is 4.39 Å². The van der Waals surface area contributed by atoms with E-state index in [0.29, 0.717) is 23.1 Å². The third-order valence-corrected chi connectivity index (χ3v) is 3.19. The number of benzene rings is 2. The van der Waals surface area contributed by atoms with Crippen LogP contribution >= 0.6 is 11.6 Å². The second kappa shape index (κ2) is 6.73. The summed E-state index contributed by atoms with van der Waals surface area (Å²) >= 11 is 6.02. The van der Waals surface area contributed by atoms with Crippen LogP contribution in [0.15, 0.2) is 36.4 Å². The molecule has 0 spiro atoms. The van der Waals surface area contributed by atoms with Crippen molar-refractivity contribution in [1.29, 1.82) is 0 Å². The molecule has 2 aromatic rings. The molecule has 0 saturated heterocycles. The lowest BCUT2D eigenvalue weighted by Crippen LogP contribution is -2.12. The molecule has 0 amide bonds. The Morgan fingerprint density at radius 2 is 1.95 bits per heavy atom. The van der Waals surface area contributed by atoms with Crippen LogP contribution in [0.1, 0.15) is 18.1 Å². The number of rotatable bonds is 5. The van der Waals surface area contributed by atoms with Crippen LogP contribution in [-0.2, 0) is 6.54 Å². The Bertz CT molecular complexity index is 601. The maximum atomic E-state index is 13.1. The van der Waals surface area contributed by atoms with Gasteiger partial charge in [-0.25, -0.2) is 4.39 Å². The third-order valence-electron chi connectivity index (χ3n) is 2.95. The quantitative estimate of drug-likeness (QED) is 0.863. The lowest BCUT2D eigenvalue weighted by Gasteiger charge is -2.13. The number of ether oxygens (including phenoxy) is 1. The van der Waals surface area contributed by atoms with Crippen LogP contribution in [0.2, 0.25) is 5.02 Å². The van der Waals surface area contributed by atoms with Gasteiger partial charge in [0.1, 0.15) is 17.3 Å². The average Bonchev–Trinajstić information content (AvgIpc) is 2.41. The van der Waals surface area contributed by atoms with Crippen LogP contribution in [0.4, 0.5) is 4.39 Å². The van der Waals surface area contributed by atoms with Crippen LogP contribution in [0.3, 0.4) is 0 Å². The van der Waals surface area contributed by atoms with E-state index in [4.69, 9.17) is 16.3 Å². The predicted molar refractivity (Wildman–Crippen MR) is 80.0 cm³/mol. The number of nitrogens with one attached hydrogen (secondary N) is 1. The van der Waals surface area contributed by atoms with E-state index in [2.05, 4.69) is 5.32 Å². The molecule has 20 heavy (non-hydrogen) atoms. The molecule has 1 N–H and O–H groups in total. The zero-order valence-electron chi connectivity index (χ0n) is 11.5. The highest BCUT2D eigenvalue weighted by molar-refractivity contribution is 6.30. The molecule has 106 valence electrons. The van der Waals surface area contributed by atoms with Crippen molar-refractivity contribution in [3.05, 3.63) is 58.4 Å². The summed E-state index contributed by atoms with van der Waals surface area (Å²) in [7, 11) is 0. The molecule has 0 aliphatic carbocycles. The van der Waals surface area contributed by atoms with E-state index >= 15 is 0 Å². The second-order valence-corrected chi connectivity index (χ2v) is 4.98. The van der Waals surface area contributed by atoms with Gasteiger partial charge in [0.05, 0.1) is 0 Å². The standard InChI is InChI=1S/C16H17ClFNO/c1-3-19-10-12-4-5-13(17)9-16(12)20-15-7-6-14(18)8-11(15)2/h4-9,19H,3,10H2,1-2H3. The topological polar surface area (TPSA) is 21.3 Å². The maximum absolute atomic E-state index is 13.1. The van der Waals surface area contributed by atoms with E-state index in [0.717, 1.165) is 17.7 Å². The molecule has 2 rings (SSSR count). The fourth-order valence-corrected chi connectivity index (χ4v) is 2.04. The third kappa shape index (κ3) is 3.71. The molecule has 0 fully saturated rings. The van der Waals surface area contributed by atoms with Gasteiger partial charge in [0.2, 0.25) is 0 Å². The van der Waals surface area contributed by atoms with Crippen LogP contribution in [0.5, 0.6) is 11.5 Å².